The number of aromatic nitrogens is 2. The molecule has 0 N–H and O–H groups in total. The van der Waals surface area contributed by atoms with Gasteiger partial charge in [-0.3, -0.25) is 4.79 Å². The largest absolute Gasteiger partial charge is 0.354 e. The standard InChI is InChI=1S/C26H33N5O/c1-4-15-30(26(32)22-11-7-5-8-12-22)20-24-21(2)27-31(23-13-9-6-10-14-23)25(24)29-18-16-28(3)17-19-29/h5-14H,4,15-20H2,1-3H3. The molecule has 0 saturated carbocycles. The fourth-order valence-corrected chi connectivity index (χ4v) is 4.30. The van der Waals surface area contributed by atoms with Crippen molar-refractivity contribution in [2.24, 2.45) is 0 Å². The maximum Gasteiger partial charge on any atom is 0.254 e. The number of amides is 1. The summed E-state index contributed by atoms with van der Waals surface area (Å²) in [6.45, 7) is 9.37. The zero-order chi connectivity index (χ0) is 22.5. The van der Waals surface area contributed by atoms with Crippen LogP contribution < -0.4 is 4.90 Å². The zero-order valence-corrected chi connectivity index (χ0v) is 19.4. The molecule has 4 rings (SSSR count). The third kappa shape index (κ3) is 4.70. The fourth-order valence-electron chi connectivity index (χ4n) is 4.30. The number of piperazine rings is 1. The maximum atomic E-state index is 13.3. The smallest absolute Gasteiger partial charge is 0.254 e. The molecule has 0 atom stereocenters. The number of nitrogens with zero attached hydrogens (tertiary/aromatic N) is 5. The van der Waals surface area contributed by atoms with Crippen LogP contribution in [-0.4, -0.2) is 65.3 Å². The van der Waals surface area contributed by atoms with Crippen molar-refractivity contribution in [1.29, 1.82) is 0 Å². The Labute approximate surface area is 191 Å². The zero-order valence-electron chi connectivity index (χ0n) is 19.4. The van der Waals surface area contributed by atoms with E-state index in [4.69, 9.17) is 5.10 Å². The Morgan fingerprint density at radius 3 is 2.22 bits per heavy atom. The Kier molecular flexibility index (Phi) is 6.90. The summed E-state index contributed by atoms with van der Waals surface area (Å²) >= 11 is 0. The van der Waals surface area contributed by atoms with Gasteiger partial charge in [0.1, 0.15) is 5.82 Å². The van der Waals surface area contributed by atoms with Crippen LogP contribution >= 0.6 is 0 Å². The average molecular weight is 432 g/mol. The molecule has 1 aromatic heterocycles. The molecule has 0 radical (unpaired) electrons. The number of aryl methyl sites for hydroxylation is 1. The normalized spacial score (nSPS) is 14.5. The molecule has 2 heterocycles. The molecule has 168 valence electrons. The lowest BCUT2D eigenvalue weighted by Gasteiger charge is -2.35. The van der Waals surface area contributed by atoms with E-state index in [1.165, 1.54) is 0 Å². The summed E-state index contributed by atoms with van der Waals surface area (Å²) in [6.07, 6.45) is 0.911. The number of benzene rings is 2. The first-order valence-electron chi connectivity index (χ1n) is 11.5. The number of para-hydroxylation sites is 1. The number of likely N-dealkylation sites (N-methyl/N-ethyl adjacent to an activating group) is 1. The van der Waals surface area contributed by atoms with Crippen LogP contribution in [0.5, 0.6) is 0 Å². The predicted molar refractivity (Wildman–Crippen MR) is 129 cm³/mol. The van der Waals surface area contributed by atoms with Crippen molar-refractivity contribution in [2.75, 3.05) is 44.7 Å². The van der Waals surface area contributed by atoms with Crippen LogP contribution in [0.25, 0.3) is 5.69 Å². The predicted octanol–water partition coefficient (Wildman–Crippen LogP) is 3.98. The van der Waals surface area contributed by atoms with E-state index in [1.54, 1.807) is 0 Å². The molecular formula is C26H33N5O. The molecule has 1 aliphatic rings. The van der Waals surface area contributed by atoms with E-state index >= 15 is 0 Å². The number of rotatable bonds is 7. The SMILES string of the molecule is CCCN(Cc1c(C)nn(-c2ccccc2)c1N1CCN(C)CC1)C(=O)c1ccccc1. The molecule has 0 aliphatic carbocycles. The van der Waals surface area contributed by atoms with E-state index in [9.17, 15) is 4.79 Å². The van der Waals surface area contributed by atoms with Crippen LogP contribution in [0, 0.1) is 6.92 Å². The van der Waals surface area contributed by atoms with Gasteiger partial charge in [0.15, 0.2) is 0 Å². The van der Waals surface area contributed by atoms with Gasteiger partial charge in [0.25, 0.3) is 5.91 Å². The highest BCUT2D eigenvalue weighted by atomic mass is 16.2. The van der Waals surface area contributed by atoms with Gasteiger partial charge in [-0.05, 0) is 44.7 Å². The van der Waals surface area contributed by atoms with Crippen molar-refractivity contribution in [1.82, 2.24) is 19.6 Å². The van der Waals surface area contributed by atoms with E-state index in [0.29, 0.717) is 13.1 Å². The van der Waals surface area contributed by atoms with E-state index in [1.807, 2.05) is 53.4 Å². The van der Waals surface area contributed by atoms with E-state index in [-0.39, 0.29) is 5.91 Å². The summed E-state index contributed by atoms with van der Waals surface area (Å²) < 4.78 is 2.06. The first kappa shape index (κ1) is 22.1. The Balaban J connectivity index is 1.73. The molecule has 3 aromatic rings. The lowest BCUT2D eigenvalue weighted by Crippen LogP contribution is -2.45. The second-order valence-corrected chi connectivity index (χ2v) is 8.52. The first-order valence-corrected chi connectivity index (χ1v) is 11.5. The summed E-state index contributed by atoms with van der Waals surface area (Å²) in [5.41, 5.74) is 3.89. The van der Waals surface area contributed by atoms with E-state index in [2.05, 4.69) is 47.5 Å². The number of hydrogen-bond acceptors (Lipinski definition) is 4. The lowest BCUT2D eigenvalue weighted by atomic mass is 10.1. The molecule has 1 saturated heterocycles. The topological polar surface area (TPSA) is 44.6 Å². The summed E-state index contributed by atoms with van der Waals surface area (Å²) in [5.74, 6) is 1.19. The summed E-state index contributed by atoms with van der Waals surface area (Å²) in [5, 5.41) is 4.94. The summed E-state index contributed by atoms with van der Waals surface area (Å²) in [6, 6.07) is 19.9. The van der Waals surface area contributed by atoms with Crippen molar-refractivity contribution >= 4 is 11.7 Å². The maximum absolute atomic E-state index is 13.3. The lowest BCUT2D eigenvalue weighted by molar-refractivity contribution is 0.0743. The van der Waals surface area contributed by atoms with Gasteiger partial charge in [0.05, 0.1) is 17.9 Å². The van der Waals surface area contributed by atoms with Gasteiger partial charge < -0.3 is 14.7 Å². The van der Waals surface area contributed by atoms with Crippen molar-refractivity contribution in [3.8, 4) is 5.69 Å². The third-order valence-corrected chi connectivity index (χ3v) is 6.11. The van der Waals surface area contributed by atoms with Gasteiger partial charge in [-0.1, -0.05) is 43.3 Å². The minimum absolute atomic E-state index is 0.0728. The van der Waals surface area contributed by atoms with Crippen LogP contribution in [0.2, 0.25) is 0 Å². The Bertz CT molecular complexity index is 1020. The van der Waals surface area contributed by atoms with Gasteiger partial charge in [-0.15, -0.1) is 0 Å². The average Bonchev–Trinajstić information content (AvgIpc) is 3.16. The number of hydrogen-bond donors (Lipinski definition) is 0. The van der Waals surface area contributed by atoms with Gasteiger partial charge in [0.2, 0.25) is 0 Å². The molecular weight excluding hydrogens is 398 g/mol. The molecule has 0 spiro atoms. The molecule has 32 heavy (non-hydrogen) atoms. The summed E-state index contributed by atoms with van der Waals surface area (Å²) in [4.78, 5) is 20.1. The van der Waals surface area contributed by atoms with Crippen LogP contribution in [0.1, 0.15) is 35.0 Å². The van der Waals surface area contributed by atoms with Gasteiger partial charge in [-0.25, -0.2) is 4.68 Å². The molecule has 2 aromatic carbocycles. The second kappa shape index (κ2) is 10.0. The third-order valence-electron chi connectivity index (χ3n) is 6.11. The molecule has 1 amide bonds. The molecule has 0 unspecified atom stereocenters. The highest BCUT2D eigenvalue weighted by Gasteiger charge is 2.27. The van der Waals surface area contributed by atoms with Crippen molar-refractivity contribution in [3.05, 3.63) is 77.5 Å². The molecule has 1 aliphatic heterocycles. The van der Waals surface area contributed by atoms with Crippen LogP contribution in [-0.2, 0) is 6.54 Å². The number of carbonyl (C=O) groups is 1. The Hall–Kier alpha value is -3.12. The highest BCUT2D eigenvalue weighted by molar-refractivity contribution is 5.94. The van der Waals surface area contributed by atoms with Crippen molar-refractivity contribution in [3.63, 3.8) is 0 Å². The minimum atomic E-state index is 0.0728. The van der Waals surface area contributed by atoms with Crippen molar-refractivity contribution < 1.29 is 4.79 Å². The Morgan fingerprint density at radius 2 is 1.59 bits per heavy atom. The van der Waals surface area contributed by atoms with Gasteiger partial charge >= 0.3 is 0 Å². The molecule has 0 bridgehead atoms. The molecule has 6 heteroatoms. The molecule has 1 fully saturated rings. The van der Waals surface area contributed by atoms with Gasteiger partial charge in [-0.2, -0.15) is 5.10 Å². The van der Waals surface area contributed by atoms with Gasteiger partial charge in [0, 0.05) is 43.9 Å². The Morgan fingerprint density at radius 1 is 0.969 bits per heavy atom. The monoisotopic (exact) mass is 431 g/mol. The van der Waals surface area contributed by atoms with E-state index < -0.39 is 0 Å². The van der Waals surface area contributed by atoms with Crippen LogP contribution in [0.15, 0.2) is 60.7 Å². The van der Waals surface area contributed by atoms with Crippen molar-refractivity contribution in [2.45, 2.75) is 26.8 Å². The number of carbonyl (C=O) groups excluding carboxylic acids is 1. The highest BCUT2D eigenvalue weighted by Crippen LogP contribution is 2.30. The fraction of sp³-hybridized carbons (Fsp3) is 0.385. The van der Waals surface area contributed by atoms with E-state index in [0.717, 1.165) is 60.9 Å². The molecule has 6 nitrogen and oxygen atoms in total. The second-order valence-electron chi connectivity index (χ2n) is 8.52. The number of anilines is 1. The van der Waals surface area contributed by atoms with Crippen LogP contribution in [0.4, 0.5) is 5.82 Å². The summed E-state index contributed by atoms with van der Waals surface area (Å²) in [7, 11) is 2.17. The first-order chi connectivity index (χ1) is 15.6. The quantitative estimate of drug-likeness (QED) is 0.568. The minimum Gasteiger partial charge on any atom is -0.354 e. The van der Waals surface area contributed by atoms with Crippen LogP contribution in [0.3, 0.4) is 0 Å².